The number of benzene rings is 1. The summed E-state index contributed by atoms with van der Waals surface area (Å²) in [6.45, 7) is -0.647. The van der Waals surface area contributed by atoms with Gasteiger partial charge in [0.05, 0.1) is 22.9 Å². The van der Waals surface area contributed by atoms with Gasteiger partial charge in [-0.1, -0.05) is 0 Å². The first-order valence-corrected chi connectivity index (χ1v) is 9.55. The van der Waals surface area contributed by atoms with Gasteiger partial charge in [-0.05, 0) is 37.5 Å². The van der Waals surface area contributed by atoms with Crippen LogP contribution in [0.1, 0.15) is 31.2 Å². The molecule has 0 aromatic heterocycles. The van der Waals surface area contributed by atoms with E-state index in [-0.39, 0.29) is 5.69 Å². The lowest BCUT2D eigenvalue weighted by atomic mass is 10.1. The fourth-order valence-corrected chi connectivity index (χ4v) is 3.77. The number of anilines is 2. The summed E-state index contributed by atoms with van der Waals surface area (Å²) in [6.07, 6.45) is -6.91. The number of amides is 2. The van der Waals surface area contributed by atoms with Gasteiger partial charge < -0.3 is 15.1 Å². The Hall–Kier alpha value is -2.46. The summed E-state index contributed by atoms with van der Waals surface area (Å²) in [6, 6.07) is 3.05. The van der Waals surface area contributed by atoms with Crippen molar-refractivity contribution in [1.82, 2.24) is 4.90 Å². The van der Waals surface area contributed by atoms with Crippen LogP contribution in [0, 0.1) is 5.92 Å². The maximum absolute atomic E-state index is 13.2. The molecular weight excluding hydrogens is 416 g/mol. The summed E-state index contributed by atoms with van der Waals surface area (Å²) in [7, 11) is 0. The standard InChI is InChI=1S/C19H21F6N3O2/c20-18(21,22)11-28-10-12(8-16(28)29)17(30)26-14-9-13(19(23,24)25)4-5-15(14)27-6-2-1-3-7-27/h4-5,9,12H,1-3,6-8,10-11H2,(H,26,30). The summed E-state index contributed by atoms with van der Waals surface area (Å²) in [4.78, 5) is 26.8. The Labute approximate surface area is 169 Å². The van der Waals surface area contributed by atoms with Crippen LogP contribution in [0.3, 0.4) is 0 Å². The van der Waals surface area contributed by atoms with Crippen molar-refractivity contribution >= 4 is 23.2 Å². The summed E-state index contributed by atoms with van der Waals surface area (Å²) >= 11 is 0. The van der Waals surface area contributed by atoms with E-state index in [0.29, 0.717) is 23.7 Å². The number of rotatable bonds is 4. The molecule has 0 aliphatic carbocycles. The average molecular weight is 437 g/mol. The Balaban J connectivity index is 1.80. The van der Waals surface area contributed by atoms with Crippen molar-refractivity contribution in [2.75, 3.05) is 36.4 Å². The zero-order valence-electron chi connectivity index (χ0n) is 15.9. The summed E-state index contributed by atoms with van der Waals surface area (Å²) in [5, 5.41) is 2.43. The van der Waals surface area contributed by atoms with E-state index in [9.17, 15) is 35.9 Å². The second kappa shape index (κ2) is 8.35. The smallest absolute Gasteiger partial charge is 0.370 e. The molecule has 0 radical (unpaired) electrons. The van der Waals surface area contributed by atoms with E-state index in [1.54, 1.807) is 0 Å². The molecule has 2 aliphatic rings. The Morgan fingerprint density at radius 2 is 1.73 bits per heavy atom. The normalized spacial score (nSPS) is 20.6. The Kier molecular flexibility index (Phi) is 6.19. The van der Waals surface area contributed by atoms with Gasteiger partial charge in [0.15, 0.2) is 0 Å². The number of hydrogen-bond acceptors (Lipinski definition) is 3. The van der Waals surface area contributed by atoms with E-state index in [1.807, 2.05) is 4.90 Å². The first-order chi connectivity index (χ1) is 13.9. The first kappa shape index (κ1) is 22.2. The van der Waals surface area contributed by atoms with Gasteiger partial charge in [-0.25, -0.2) is 0 Å². The SMILES string of the molecule is O=C(Nc1cc(C(F)(F)F)ccc1N1CCCCC1)C1CC(=O)N(CC(F)(F)F)C1. The molecule has 2 heterocycles. The van der Waals surface area contributed by atoms with Gasteiger partial charge in [-0.2, -0.15) is 26.3 Å². The number of nitrogens with zero attached hydrogens (tertiary/aromatic N) is 2. The highest BCUT2D eigenvalue weighted by atomic mass is 19.4. The molecule has 2 saturated heterocycles. The minimum atomic E-state index is -4.62. The van der Waals surface area contributed by atoms with E-state index in [4.69, 9.17) is 0 Å². The van der Waals surface area contributed by atoms with Gasteiger partial charge in [-0.15, -0.1) is 0 Å². The number of piperidine rings is 1. The number of alkyl halides is 6. The molecule has 30 heavy (non-hydrogen) atoms. The summed E-state index contributed by atoms with van der Waals surface area (Å²) < 4.78 is 77.2. The molecule has 2 fully saturated rings. The third-order valence-electron chi connectivity index (χ3n) is 5.23. The Bertz CT molecular complexity index is 802. The van der Waals surface area contributed by atoms with Gasteiger partial charge in [0, 0.05) is 26.1 Å². The molecular formula is C19H21F6N3O2. The summed E-state index contributed by atoms with van der Waals surface area (Å²) in [5.41, 5.74) is -0.578. The zero-order chi connectivity index (χ0) is 22.1. The van der Waals surface area contributed by atoms with Crippen LogP contribution < -0.4 is 10.2 Å². The molecule has 1 N–H and O–H groups in total. The highest BCUT2D eigenvalue weighted by Crippen LogP contribution is 2.37. The van der Waals surface area contributed by atoms with Crippen LogP contribution in [0.5, 0.6) is 0 Å². The van der Waals surface area contributed by atoms with Gasteiger partial charge in [0.2, 0.25) is 11.8 Å². The molecule has 0 saturated carbocycles. The zero-order valence-corrected chi connectivity index (χ0v) is 15.9. The summed E-state index contributed by atoms with van der Waals surface area (Å²) in [5.74, 6) is -2.65. The van der Waals surface area contributed by atoms with Crippen molar-refractivity contribution < 1.29 is 35.9 Å². The number of likely N-dealkylation sites (tertiary alicyclic amines) is 1. The van der Waals surface area contributed by atoms with E-state index in [2.05, 4.69) is 5.32 Å². The van der Waals surface area contributed by atoms with Crippen molar-refractivity contribution in [2.24, 2.45) is 5.92 Å². The van der Waals surface area contributed by atoms with E-state index in [0.717, 1.165) is 31.4 Å². The van der Waals surface area contributed by atoms with E-state index in [1.165, 1.54) is 6.07 Å². The maximum atomic E-state index is 13.2. The molecule has 1 unspecified atom stereocenters. The second-order valence-electron chi connectivity index (χ2n) is 7.56. The molecule has 1 aromatic carbocycles. The predicted molar refractivity (Wildman–Crippen MR) is 96.9 cm³/mol. The van der Waals surface area contributed by atoms with Gasteiger partial charge in [-0.3, -0.25) is 9.59 Å². The van der Waals surface area contributed by atoms with E-state index >= 15 is 0 Å². The number of nitrogens with one attached hydrogen (secondary N) is 1. The van der Waals surface area contributed by atoms with Crippen LogP contribution in [-0.2, 0) is 15.8 Å². The van der Waals surface area contributed by atoms with Gasteiger partial charge in [0.1, 0.15) is 6.54 Å². The minimum Gasteiger partial charge on any atom is -0.370 e. The maximum Gasteiger partial charge on any atom is 0.416 e. The van der Waals surface area contributed by atoms with Crippen LogP contribution in [0.15, 0.2) is 18.2 Å². The molecule has 1 atom stereocenters. The van der Waals surface area contributed by atoms with Crippen molar-refractivity contribution in [2.45, 2.75) is 38.0 Å². The number of carbonyl (C=O) groups is 2. The lowest BCUT2D eigenvalue weighted by molar-refractivity contribution is -0.157. The van der Waals surface area contributed by atoms with Gasteiger partial charge in [0.25, 0.3) is 0 Å². The monoisotopic (exact) mass is 437 g/mol. The molecule has 5 nitrogen and oxygen atoms in total. The minimum absolute atomic E-state index is 0.0570. The molecule has 0 bridgehead atoms. The fourth-order valence-electron chi connectivity index (χ4n) is 3.77. The number of carbonyl (C=O) groups excluding carboxylic acids is 2. The first-order valence-electron chi connectivity index (χ1n) is 9.55. The average Bonchev–Trinajstić information content (AvgIpc) is 3.00. The fraction of sp³-hybridized carbons (Fsp3) is 0.579. The van der Waals surface area contributed by atoms with Crippen molar-refractivity contribution in [3.63, 3.8) is 0 Å². The van der Waals surface area contributed by atoms with E-state index < -0.39 is 55.2 Å². The highest BCUT2D eigenvalue weighted by Gasteiger charge is 2.41. The van der Waals surface area contributed by atoms with Crippen LogP contribution in [0.25, 0.3) is 0 Å². The second-order valence-corrected chi connectivity index (χ2v) is 7.56. The Morgan fingerprint density at radius 3 is 2.33 bits per heavy atom. The predicted octanol–water partition coefficient (Wildman–Crippen LogP) is 4.05. The molecule has 2 amide bonds. The molecule has 1 aromatic rings. The number of halogens is 6. The molecule has 11 heteroatoms. The van der Waals surface area contributed by atoms with Crippen LogP contribution in [0.4, 0.5) is 37.7 Å². The van der Waals surface area contributed by atoms with Crippen molar-refractivity contribution in [3.05, 3.63) is 23.8 Å². The molecule has 0 spiro atoms. The molecule has 2 aliphatic heterocycles. The topological polar surface area (TPSA) is 52.7 Å². The van der Waals surface area contributed by atoms with Crippen LogP contribution in [-0.4, -0.2) is 49.1 Å². The quantitative estimate of drug-likeness (QED) is 0.724. The number of hydrogen-bond donors (Lipinski definition) is 1. The molecule has 166 valence electrons. The molecule has 3 rings (SSSR count). The third-order valence-corrected chi connectivity index (χ3v) is 5.23. The Morgan fingerprint density at radius 1 is 1.07 bits per heavy atom. The lowest BCUT2D eigenvalue weighted by Crippen LogP contribution is -2.36. The largest absolute Gasteiger partial charge is 0.416 e. The van der Waals surface area contributed by atoms with Crippen LogP contribution >= 0.6 is 0 Å². The van der Waals surface area contributed by atoms with Crippen molar-refractivity contribution in [1.29, 1.82) is 0 Å². The lowest BCUT2D eigenvalue weighted by Gasteiger charge is -2.31. The third kappa shape index (κ3) is 5.37. The van der Waals surface area contributed by atoms with Crippen LogP contribution in [0.2, 0.25) is 0 Å². The highest BCUT2D eigenvalue weighted by molar-refractivity contribution is 5.99. The van der Waals surface area contributed by atoms with Crippen molar-refractivity contribution in [3.8, 4) is 0 Å². The van der Waals surface area contributed by atoms with Gasteiger partial charge >= 0.3 is 12.4 Å².